The highest BCUT2D eigenvalue weighted by atomic mass is 16.5. The molecule has 1 amide bonds. The van der Waals surface area contributed by atoms with E-state index < -0.39 is 0 Å². The number of carbonyl (C=O) groups excluding carboxylic acids is 1. The van der Waals surface area contributed by atoms with Crippen LogP contribution >= 0.6 is 0 Å². The standard InChI is InChI=1S/C16H21NO3/c1-16(2)10-11-6-7-12(13(18)14(11)20-16)15(19)17-8-4-3-5-9-17/h6-7,18H,3-5,8-10H2,1-2H3. The van der Waals surface area contributed by atoms with Gasteiger partial charge in [0.1, 0.15) is 5.60 Å². The summed E-state index contributed by atoms with van der Waals surface area (Å²) in [6, 6.07) is 3.64. The van der Waals surface area contributed by atoms with Crippen LogP contribution < -0.4 is 4.74 Å². The maximum atomic E-state index is 12.5. The summed E-state index contributed by atoms with van der Waals surface area (Å²) in [6.07, 6.45) is 4.02. The molecular weight excluding hydrogens is 254 g/mol. The van der Waals surface area contributed by atoms with Gasteiger partial charge in [0.15, 0.2) is 11.5 Å². The highest BCUT2D eigenvalue weighted by Crippen LogP contribution is 2.43. The van der Waals surface area contributed by atoms with Crippen molar-refractivity contribution in [3.63, 3.8) is 0 Å². The number of aromatic hydroxyl groups is 1. The van der Waals surface area contributed by atoms with Crippen molar-refractivity contribution >= 4 is 5.91 Å². The molecule has 2 aliphatic heterocycles. The molecule has 0 atom stereocenters. The zero-order valence-corrected chi connectivity index (χ0v) is 12.1. The second kappa shape index (κ2) is 4.69. The molecule has 0 unspecified atom stereocenters. The third-order valence-corrected chi connectivity index (χ3v) is 4.08. The average Bonchev–Trinajstić information content (AvgIpc) is 2.75. The Kier molecular flexibility index (Phi) is 3.11. The minimum atomic E-state index is -0.313. The van der Waals surface area contributed by atoms with Crippen LogP contribution in [0.25, 0.3) is 0 Å². The predicted molar refractivity (Wildman–Crippen MR) is 76.3 cm³/mol. The number of likely N-dealkylation sites (tertiary alicyclic amines) is 1. The summed E-state index contributed by atoms with van der Waals surface area (Å²) in [6.45, 7) is 5.53. The minimum Gasteiger partial charge on any atom is -0.504 e. The molecular formula is C16H21NO3. The van der Waals surface area contributed by atoms with E-state index in [1.807, 2.05) is 24.8 Å². The Labute approximate surface area is 119 Å². The fourth-order valence-electron chi connectivity index (χ4n) is 3.08. The fraction of sp³-hybridized carbons (Fsp3) is 0.562. The fourth-order valence-corrected chi connectivity index (χ4v) is 3.08. The van der Waals surface area contributed by atoms with E-state index in [4.69, 9.17) is 4.74 Å². The predicted octanol–water partition coefficient (Wildman–Crippen LogP) is 2.73. The number of nitrogens with zero attached hydrogens (tertiary/aromatic N) is 1. The van der Waals surface area contributed by atoms with Crippen LogP contribution in [0, 0.1) is 0 Å². The molecule has 0 spiro atoms. The van der Waals surface area contributed by atoms with Crippen molar-refractivity contribution in [2.45, 2.75) is 45.1 Å². The first kappa shape index (κ1) is 13.3. The van der Waals surface area contributed by atoms with Crippen molar-refractivity contribution < 1.29 is 14.6 Å². The number of carbonyl (C=O) groups is 1. The van der Waals surface area contributed by atoms with Gasteiger partial charge in [-0.3, -0.25) is 4.79 Å². The van der Waals surface area contributed by atoms with E-state index in [1.54, 1.807) is 6.07 Å². The van der Waals surface area contributed by atoms with E-state index in [9.17, 15) is 9.90 Å². The minimum absolute atomic E-state index is 0.00338. The average molecular weight is 275 g/mol. The van der Waals surface area contributed by atoms with Crippen LogP contribution in [0.3, 0.4) is 0 Å². The lowest BCUT2D eigenvalue weighted by atomic mass is 10.00. The molecule has 1 saturated heterocycles. The lowest BCUT2D eigenvalue weighted by Gasteiger charge is -2.27. The van der Waals surface area contributed by atoms with Crippen LogP contribution in [0.2, 0.25) is 0 Å². The Hall–Kier alpha value is -1.71. The first-order valence-electron chi connectivity index (χ1n) is 7.31. The quantitative estimate of drug-likeness (QED) is 0.857. The summed E-state index contributed by atoms with van der Waals surface area (Å²) < 4.78 is 5.78. The van der Waals surface area contributed by atoms with E-state index in [-0.39, 0.29) is 17.3 Å². The Morgan fingerprint density at radius 2 is 1.95 bits per heavy atom. The molecule has 3 rings (SSSR count). The molecule has 0 aromatic heterocycles. The Morgan fingerprint density at radius 3 is 2.65 bits per heavy atom. The molecule has 0 aliphatic carbocycles. The molecule has 1 fully saturated rings. The zero-order chi connectivity index (χ0) is 14.3. The molecule has 1 aromatic carbocycles. The smallest absolute Gasteiger partial charge is 0.257 e. The summed E-state index contributed by atoms with van der Waals surface area (Å²) in [5, 5.41) is 10.4. The number of ether oxygens (including phenoxy) is 1. The number of phenolic OH excluding ortho intramolecular Hbond substituents is 1. The van der Waals surface area contributed by atoms with Gasteiger partial charge in [-0.05, 0) is 39.2 Å². The van der Waals surface area contributed by atoms with Crippen molar-refractivity contribution in [3.05, 3.63) is 23.3 Å². The summed E-state index contributed by atoms with van der Waals surface area (Å²) >= 11 is 0. The van der Waals surface area contributed by atoms with Crippen LogP contribution in [0.15, 0.2) is 12.1 Å². The molecule has 1 aromatic rings. The van der Waals surface area contributed by atoms with E-state index in [1.165, 1.54) is 6.42 Å². The van der Waals surface area contributed by atoms with Crippen molar-refractivity contribution in [1.29, 1.82) is 0 Å². The summed E-state index contributed by atoms with van der Waals surface area (Å²) in [7, 11) is 0. The summed E-state index contributed by atoms with van der Waals surface area (Å²) in [5.41, 5.74) is 1.03. The van der Waals surface area contributed by atoms with Crippen LogP contribution in [-0.2, 0) is 6.42 Å². The number of benzene rings is 1. The normalized spacial score (nSPS) is 20.4. The molecule has 1 N–H and O–H groups in total. The molecule has 0 radical (unpaired) electrons. The van der Waals surface area contributed by atoms with Gasteiger partial charge < -0.3 is 14.7 Å². The number of phenols is 1. The van der Waals surface area contributed by atoms with Gasteiger partial charge in [0.2, 0.25) is 0 Å². The maximum Gasteiger partial charge on any atom is 0.257 e. The molecule has 2 aliphatic rings. The van der Waals surface area contributed by atoms with Crippen molar-refractivity contribution in [3.8, 4) is 11.5 Å². The number of hydrogen-bond acceptors (Lipinski definition) is 3. The monoisotopic (exact) mass is 275 g/mol. The van der Waals surface area contributed by atoms with Gasteiger partial charge in [-0.1, -0.05) is 6.07 Å². The van der Waals surface area contributed by atoms with Gasteiger partial charge in [0.05, 0.1) is 5.56 Å². The van der Waals surface area contributed by atoms with Crippen LogP contribution in [0.4, 0.5) is 0 Å². The van der Waals surface area contributed by atoms with E-state index in [2.05, 4.69) is 0 Å². The van der Waals surface area contributed by atoms with E-state index in [0.717, 1.165) is 37.9 Å². The molecule has 0 saturated carbocycles. The van der Waals surface area contributed by atoms with Crippen molar-refractivity contribution in [2.24, 2.45) is 0 Å². The van der Waals surface area contributed by atoms with Crippen molar-refractivity contribution in [1.82, 2.24) is 4.90 Å². The van der Waals surface area contributed by atoms with Gasteiger partial charge in [-0.15, -0.1) is 0 Å². The lowest BCUT2D eigenvalue weighted by Crippen LogP contribution is -2.35. The Bertz CT molecular complexity index is 545. The number of amides is 1. The molecule has 4 nitrogen and oxygen atoms in total. The third-order valence-electron chi connectivity index (χ3n) is 4.08. The van der Waals surface area contributed by atoms with Gasteiger partial charge in [-0.2, -0.15) is 0 Å². The number of fused-ring (bicyclic) bond motifs is 1. The second-order valence-corrected chi connectivity index (χ2v) is 6.34. The SMILES string of the molecule is CC1(C)Cc2ccc(C(=O)N3CCCCC3)c(O)c2O1. The lowest BCUT2D eigenvalue weighted by molar-refractivity contribution is 0.0719. The van der Waals surface area contributed by atoms with Crippen molar-refractivity contribution in [2.75, 3.05) is 13.1 Å². The maximum absolute atomic E-state index is 12.5. The van der Waals surface area contributed by atoms with E-state index in [0.29, 0.717) is 11.3 Å². The number of hydrogen-bond donors (Lipinski definition) is 1. The molecule has 0 bridgehead atoms. The number of piperidine rings is 1. The van der Waals surface area contributed by atoms with Gasteiger partial charge in [-0.25, -0.2) is 0 Å². The third kappa shape index (κ3) is 2.23. The Morgan fingerprint density at radius 1 is 1.25 bits per heavy atom. The van der Waals surface area contributed by atoms with Gasteiger partial charge >= 0.3 is 0 Å². The highest BCUT2D eigenvalue weighted by Gasteiger charge is 2.34. The van der Waals surface area contributed by atoms with Crippen LogP contribution in [0.5, 0.6) is 11.5 Å². The van der Waals surface area contributed by atoms with Crippen LogP contribution in [0.1, 0.15) is 49.0 Å². The molecule has 2 heterocycles. The molecule has 4 heteroatoms. The molecule has 20 heavy (non-hydrogen) atoms. The zero-order valence-electron chi connectivity index (χ0n) is 12.1. The highest BCUT2D eigenvalue weighted by molar-refractivity contribution is 5.98. The van der Waals surface area contributed by atoms with Gasteiger partial charge in [0.25, 0.3) is 5.91 Å². The number of rotatable bonds is 1. The summed E-state index contributed by atoms with van der Waals surface area (Å²) in [5.74, 6) is 0.403. The second-order valence-electron chi connectivity index (χ2n) is 6.34. The topological polar surface area (TPSA) is 49.8 Å². The Balaban J connectivity index is 1.90. The first-order chi connectivity index (χ1) is 9.48. The summed E-state index contributed by atoms with van der Waals surface area (Å²) in [4.78, 5) is 14.3. The van der Waals surface area contributed by atoms with Crippen LogP contribution in [-0.4, -0.2) is 34.6 Å². The molecule has 108 valence electrons. The largest absolute Gasteiger partial charge is 0.504 e. The first-order valence-corrected chi connectivity index (χ1v) is 7.31. The van der Waals surface area contributed by atoms with Gasteiger partial charge in [0, 0.05) is 25.1 Å². The van der Waals surface area contributed by atoms with E-state index >= 15 is 0 Å².